The van der Waals surface area contributed by atoms with Crippen LogP contribution in [0, 0.1) is 10.1 Å². The van der Waals surface area contributed by atoms with Gasteiger partial charge in [-0.15, -0.1) is 0 Å². The smallest absolute Gasteiger partial charge is 0.269 e. The number of aromatic hydroxyl groups is 1. The molecule has 2 aromatic rings. The van der Waals surface area contributed by atoms with Crippen molar-refractivity contribution in [3.05, 3.63) is 63.7 Å². The maximum absolute atomic E-state index is 12.1. The molecule has 0 bridgehead atoms. The molecule has 1 radical (unpaired) electrons. The van der Waals surface area contributed by atoms with Crippen LogP contribution in [-0.4, -0.2) is 74.3 Å². The molecule has 0 unspecified atom stereocenters. The second-order valence-corrected chi connectivity index (χ2v) is 4.40. The van der Waals surface area contributed by atoms with Crippen LogP contribution >= 0.6 is 0 Å². The molecule has 0 aliphatic rings. The third-order valence-corrected chi connectivity index (χ3v) is 3.04. The largest absolute Gasteiger partial charge is 0.508 e. The first-order valence-electron chi connectivity index (χ1n) is 6.15. The average molecular weight is 326 g/mol. The normalized spacial score (nSPS) is 9.68. The Morgan fingerprint density at radius 3 is 2.41 bits per heavy atom. The number of phenols is 1. The molecular formula is C15H13KNO5. The Balaban J connectivity index is 0.00000242. The number of non-ortho nitro benzene ring substituents is 1. The molecule has 0 saturated carbocycles. The molecule has 2 aromatic carbocycles. The monoisotopic (exact) mass is 326 g/mol. The molecule has 6 nitrogen and oxygen atoms in total. The first-order valence-corrected chi connectivity index (χ1v) is 6.15. The molecule has 0 amide bonds. The number of Topliss-reactive ketones (excluding diaryl/α,β-unsaturated/α-hetero) is 1. The number of hydrogen-bond donors (Lipinski definition) is 1. The van der Waals surface area contributed by atoms with Crippen LogP contribution in [0.15, 0.2) is 42.5 Å². The first kappa shape index (κ1) is 18.8. The van der Waals surface area contributed by atoms with Gasteiger partial charge < -0.3 is 9.84 Å². The molecule has 0 aliphatic heterocycles. The summed E-state index contributed by atoms with van der Waals surface area (Å²) in [5, 5.41) is 20.4. The van der Waals surface area contributed by atoms with E-state index >= 15 is 0 Å². The number of phenolic OH excluding ortho intramolecular Hbond substituents is 1. The average Bonchev–Trinajstić information content (AvgIpc) is 2.49. The SMILES string of the molecule is COc1ccc(C(=O)Cc2cc([N+](=O)[O-])ccc2O)cc1.[K]. The van der Waals surface area contributed by atoms with E-state index in [9.17, 15) is 20.0 Å². The van der Waals surface area contributed by atoms with Crippen LogP contribution in [0.3, 0.4) is 0 Å². The zero-order valence-electron chi connectivity index (χ0n) is 12.3. The van der Waals surface area contributed by atoms with Gasteiger partial charge in [-0.2, -0.15) is 0 Å². The quantitative estimate of drug-likeness (QED) is 0.394. The molecule has 0 aliphatic carbocycles. The zero-order chi connectivity index (χ0) is 15.4. The Morgan fingerprint density at radius 2 is 1.86 bits per heavy atom. The summed E-state index contributed by atoms with van der Waals surface area (Å²) < 4.78 is 5.00. The van der Waals surface area contributed by atoms with Gasteiger partial charge in [0.05, 0.1) is 12.0 Å². The van der Waals surface area contributed by atoms with Gasteiger partial charge >= 0.3 is 0 Å². The van der Waals surface area contributed by atoms with Crippen LogP contribution in [0.2, 0.25) is 0 Å². The van der Waals surface area contributed by atoms with Gasteiger partial charge in [0.15, 0.2) is 5.78 Å². The molecule has 0 saturated heterocycles. The Hall–Kier alpha value is -1.25. The first-order chi connectivity index (χ1) is 10.0. The van der Waals surface area contributed by atoms with E-state index < -0.39 is 4.92 Å². The predicted octanol–water partition coefficient (Wildman–Crippen LogP) is 2.35. The number of carbonyl (C=O) groups excluding carboxylic acids is 1. The Morgan fingerprint density at radius 1 is 1.23 bits per heavy atom. The van der Waals surface area contributed by atoms with Crippen molar-refractivity contribution in [2.45, 2.75) is 6.42 Å². The fourth-order valence-corrected chi connectivity index (χ4v) is 1.88. The molecular weight excluding hydrogens is 313 g/mol. The third-order valence-electron chi connectivity index (χ3n) is 3.04. The van der Waals surface area contributed by atoms with Gasteiger partial charge in [0.25, 0.3) is 5.69 Å². The van der Waals surface area contributed by atoms with Crippen molar-refractivity contribution in [3.8, 4) is 11.5 Å². The van der Waals surface area contributed by atoms with Crippen LogP contribution in [0.1, 0.15) is 15.9 Å². The van der Waals surface area contributed by atoms with Gasteiger partial charge in [0, 0.05) is 81.1 Å². The topological polar surface area (TPSA) is 89.7 Å². The zero-order valence-corrected chi connectivity index (χ0v) is 15.4. The van der Waals surface area contributed by atoms with Crippen molar-refractivity contribution < 1.29 is 19.6 Å². The number of benzene rings is 2. The molecule has 0 aromatic heterocycles. The van der Waals surface area contributed by atoms with Crippen LogP contribution in [0.5, 0.6) is 11.5 Å². The van der Waals surface area contributed by atoms with Crippen LogP contribution in [-0.2, 0) is 6.42 Å². The van der Waals surface area contributed by atoms with E-state index in [1.807, 2.05) is 0 Å². The summed E-state index contributed by atoms with van der Waals surface area (Å²) in [7, 11) is 1.53. The predicted molar refractivity (Wildman–Crippen MR) is 81.5 cm³/mol. The maximum Gasteiger partial charge on any atom is 0.269 e. The van der Waals surface area contributed by atoms with Crippen molar-refractivity contribution in [2.24, 2.45) is 0 Å². The van der Waals surface area contributed by atoms with Crippen LogP contribution < -0.4 is 4.74 Å². The van der Waals surface area contributed by atoms with Crippen molar-refractivity contribution >= 4 is 62.9 Å². The van der Waals surface area contributed by atoms with E-state index in [-0.39, 0.29) is 80.6 Å². The molecule has 0 fully saturated rings. The molecule has 1 N–H and O–H groups in total. The Labute approximate surface area is 169 Å². The fourth-order valence-electron chi connectivity index (χ4n) is 1.88. The standard InChI is InChI=1S/C15H13NO5.K/c1-21-13-5-2-10(3-6-13)15(18)9-11-8-12(16(19)20)4-7-14(11)17;/h2-8,17H,9H2,1H3;. The number of methoxy groups -OCH3 is 1. The maximum atomic E-state index is 12.1. The van der Waals surface area contributed by atoms with Gasteiger partial charge in [0.1, 0.15) is 11.5 Å². The van der Waals surface area contributed by atoms with Crippen molar-refractivity contribution in [1.29, 1.82) is 0 Å². The summed E-state index contributed by atoms with van der Waals surface area (Å²) >= 11 is 0. The summed E-state index contributed by atoms with van der Waals surface area (Å²) in [4.78, 5) is 22.3. The van der Waals surface area contributed by atoms with Gasteiger partial charge in [0.2, 0.25) is 0 Å². The molecule has 7 heteroatoms. The number of ketones is 1. The van der Waals surface area contributed by atoms with Gasteiger partial charge in [-0.05, 0) is 30.3 Å². The fraction of sp³-hybridized carbons (Fsp3) is 0.133. The second-order valence-electron chi connectivity index (χ2n) is 4.40. The summed E-state index contributed by atoms with van der Waals surface area (Å²) in [6.45, 7) is 0. The number of nitro groups is 1. The summed E-state index contributed by atoms with van der Waals surface area (Å²) in [6, 6.07) is 10.1. The van der Waals surface area contributed by atoms with Crippen LogP contribution in [0.25, 0.3) is 0 Å². The summed E-state index contributed by atoms with van der Waals surface area (Å²) in [5.74, 6) is 0.251. The van der Waals surface area contributed by atoms with Crippen molar-refractivity contribution in [1.82, 2.24) is 0 Å². The van der Waals surface area contributed by atoms with E-state index in [1.54, 1.807) is 24.3 Å². The number of carbonyl (C=O) groups is 1. The number of nitrogens with zero attached hydrogens (tertiary/aromatic N) is 1. The number of nitro benzene ring substituents is 1. The Kier molecular flexibility index (Phi) is 7.17. The number of hydrogen-bond acceptors (Lipinski definition) is 5. The van der Waals surface area contributed by atoms with E-state index in [0.29, 0.717) is 11.3 Å². The molecule has 2 rings (SSSR count). The summed E-state index contributed by atoms with van der Waals surface area (Å²) in [5.41, 5.74) is 0.511. The minimum atomic E-state index is -0.569. The number of ether oxygens (including phenoxy) is 1. The van der Waals surface area contributed by atoms with Gasteiger partial charge in [-0.3, -0.25) is 14.9 Å². The molecule has 109 valence electrons. The van der Waals surface area contributed by atoms with Crippen LogP contribution in [0.4, 0.5) is 5.69 Å². The summed E-state index contributed by atoms with van der Waals surface area (Å²) in [6.07, 6.45) is -0.111. The van der Waals surface area contributed by atoms with E-state index in [2.05, 4.69) is 0 Å². The van der Waals surface area contributed by atoms with Crippen molar-refractivity contribution in [3.63, 3.8) is 0 Å². The third kappa shape index (κ3) is 4.62. The van der Waals surface area contributed by atoms with E-state index in [0.717, 1.165) is 0 Å². The molecule has 22 heavy (non-hydrogen) atoms. The molecule has 0 spiro atoms. The van der Waals surface area contributed by atoms with Crippen molar-refractivity contribution in [2.75, 3.05) is 7.11 Å². The second kappa shape index (κ2) is 8.40. The van der Waals surface area contributed by atoms with E-state index in [1.165, 1.54) is 25.3 Å². The minimum Gasteiger partial charge on any atom is -0.508 e. The van der Waals surface area contributed by atoms with Gasteiger partial charge in [-0.25, -0.2) is 0 Å². The van der Waals surface area contributed by atoms with Gasteiger partial charge in [-0.1, -0.05) is 0 Å². The molecule has 0 heterocycles. The Bertz CT molecular complexity index is 685. The van der Waals surface area contributed by atoms with E-state index in [4.69, 9.17) is 4.74 Å². The molecule has 0 atom stereocenters. The minimum absolute atomic E-state index is 0. The number of rotatable bonds is 5.